The molecule has 0 saturated heterocycles. The molecule has 0 saturated carbocycles. The van der Waals surface area contributed by atoms with Crippen molar-refractivity contribution >= 4 is 18.1 Å². The van der Waals surface area contributed by atoms with E-state index < -0.39 is 5.91 Å². The zero-order chi connectivity index (χ0) is 8.55. The molecule has 0 atom stereocenters. The van der Waals surface area contributed by atoms with Gasteiger partial charge in [-0.1, -0.05) is 0 Å². The Morgan fingerprint density at radius 1 is 1.67 bits per heavy atom. The lowest BCUT2D eigenvalue weighted by Gasteiger charge is -2.14. The molecule has 7 heteroatoms. The number of hydrogen-bond donors (Lipinski definition) is 3. The molecule has 0 aromatic rings. The molecule has 2 rings (SSSR count). The van der Waals surface area contributed by atoms with Gasteiger partial charge < -0.3 is 5.73 Å². The molecule has 0 fully saturated rings. The second-order valence-electron chi connectivity index (χ2n) is 2.21. The molecule has 12 heavy (non-hydrogen) atoms. The van der Waals surface area contributed by atoms with Gasteiger partial charge in [0.1, 0.15) is 0 Å². The normalized spacial score (nSPS) is 19.5. The van der Waals surface area contributed by atoms with E-state index in [1.54, 1.807) is 0 Å². The van der Waals surface area contributed by atoms with Gasteiger partial charge in [-0.3, -0.25) is 4.79 Å². The molecule has 0 unspecified atom stereocenters. The van der Waals surface area contributed by atoms with E-state index in [1.165, 1.54) is 17.4 Å². The highest BCUT2D eigenvalue weighted by atomic mass is 16.1. The van der Waals surface area contributed by atoms with Crippen molar-refractivity contribution in [3.8, 4) is 0 Å². The highest BCUT2D eigenvalue weighted by Gasteiger charge is 2.19. The van der Waals surface area contributed by atoms with Crippen LogP contribution in [0, 0.1) is 0 Å². The highest BCUT2D eigenvalue weighted by molar-refractivity contribution is 6.15. The zero-order valence-electron chi connectivity index (χ0n) is 5.98. The number of guanidine groups is 1. The maximum Gasteiger partial charge on any atom is 0.264 e. The van der Waals surface area contributed by atoms with Gasteiger partial charge in [0.05, 0.1) is 5.57 Å². The Morgan fingerprint density at radius 2 is 2.50 bits per heavy atom. The van der Waals surface area contributed by atoms with Crippen LogP contribution in [0.1, 0.15) is 0 Å². The van der Waals surface area contributed by atoms with Gasteiger partial charge in [-0.25, -0.2) is 15.5 Å². The summed E-state index contributed by atoms with van der Waals surface area (Å²) < 4.78 is 0. The monoisotopic (exact) mass is 166 g/mol. The molecule has 7 nitrogen and oxygen atoms in total. The molecule has 2 heterocycles. The van der Waals surface area contributed by atoms with Crippen LogP contribution >= 0.6 is 0 Å². The molecule has 1 amide bonds. The second kappa shape index (κ2) is 2.31. The van der Waals surface area contributed by atoms with Crippen molar-refractivity contribution in [2.24, 2.45) is 15.8 Å². The third-order valence-corrected chi connectivity index (χ3v) is 1.41. The lowest BCUT2D eigenvalue weighted by atomic mass is 10.3. The van der Waals surface area contributed by atoms with Gasteiger partial charge in [-0.15, -0.1) is 10.6 Å². The number of nitrogens with one attached hydrogen (secondary N) is 2. The minimum atomic E-state index is -0.522. The van der Waals surface area contributed by atoms with Crippen LogP contribution in [0.2, 0.25) is 0 Å². The highest BCUT2D eigenvalue weighted by Crippen LogP contribution is 2.04. The Morgan fingerprint density at radius 3 is 3.25 bits per heavy atom. The number of rotatable bonds is 1. The Bertz CT molecular complexity index is 316. The minimum absolute atomic E-state index is 0.324. The zero-order valence-corrected chi connectivity index (χ0v) is 5.98. The molecular weight excluding hydrogens is 160 g/mol. The van der Waals surface area contributed by atoms with Crippen LogP contribution in [0.3, 0.4) is 0 Å². The average molecular weight is 166 g/mol. The van der Waals surface area contributed by atoms with E-state index in [-0.39, 0.29) is 0 Å². The minimum Gasteiger partial charge on any atom is -0.366 e. The first kappa shape index (κ1) is 6.80. The Kier molecular flexibility index (Phi) is 1.31. The van der Waals surface area contributed by atoms with E-state index in [2.05, 4.69) is 21.2 Å². The fourth-order valence-corrected chi connectivity index (χ4v) is 0.841. The summed E-state index contributed by atoms with van der Waals surface area (Å²) in [5.41, 5.74) is 10.5. The van der Waals surface area contributed by atoms with Crippen molar-refractivity contribution in [1.82, 2.24) is 16.1 Å². The van der Waals surface area contributed by atoms with Gasteiger partial charge >= 0.3 is 0 Å². The number of carbonyl (C=O) groups is 1. The maximum atomic E-state index is 10.7. The Labute approximate surface area is 67.6 Å². The van der Waals surface area contributed by atoms with Gasteiger partial charge in [-0.05, 0) is 0 Å². The van der Waals surface area contributed by atoms with E-state index in [0.717, 1.165) is 0 Å². The van der Waals surface area contributed by atoms with E-state index in [4.69, 9.17) is 5.73 Å². The van der Waals surface area contributed by atoms with Crippen molar-refractivity contribution in [2.45, 2.75) is 0 Å². The van der Waals surface area contributed by atoms with Crippen molar-refractivity contribution in [3.05, 3.63) is 11.8 Å². The van der Waals surface area contributed by atoms with E-state index in [0.29, 0.717) is 11.5 Å². The number of hydrazine groups is 2. The molecule has 0 bridgehead atoms. The predicted molar refractivity (Wildman–Crippen MR) is 41.3 cm³/mol. The van der Waals surface area contributed by atoms with Gasteiger partial charge in [0.2, 0.25) is 0 Å². The van der Waals surface area contributed by atoms with Crippen LogP contribution in [0.4, 0.5) is 0 Å². The summed E-state index contributed by atoms with van der Waals surface area (Å²) in [5.74, 6) is -0.0773. The molecule has 2 aliphatic heterocycles. The second-order valence-corrected chi connectivity index (χ2v) is 2.21. The topological polar surface area (TPSA) is 95.1 Å². The van der Waals surface area contributed by atoms with Crippen LogP contribution in [-0.2, 0) is 4.79 Å². The summed E-state index contributed by atoms with van der Waals surface area (Å²) in [7, 11) is 0. The number of hydrogen-bond acceptors (Lipinski definition) is 6. The summed E-state index contributed by atoms with van der Waals surface area (Å²) in [6, 6.07) is 0. The van der Waals surface area contributed by atoms with Crippen molar-refractivity contribution < 1.29 is 4.79 Å². The number of nitrogens with zero attached hydrogens (tertiary/aromatic N) is 3. The molecule has 0 aromatic carbocycles. The Balaban J connectivity index is 2.28. The van der Waals surface area contributed by atoms with Crippen LogP contribution < -0.4 is 16.8 Å². The fraction of sp³-hybridized carbons (Fsp3) is 0. The summed E-state index contributed by atoms with van der Waals surface area (Å²) in [6.45, 7) is 0. The summed E-state index contributed by atoms with van der Waals surface area (Å²) in [6.07, 6.45) is 2.88. The van der Waals surface area contributed by atoms with Crippen LogP contribution in [-0.4, -0.2) is 23.1 Å². The largest absolute Gasteiger partial charge is 0.366 e. The first-order chi connectivity index (χ1) is 5.77. The van der Waals surface area contributed by atoms with Gasteiger partial charge in [0.15, 0.2) is 0 Å². The number of carbonyl (C=O) groups excluding carboxylic acids is 1. The van der Waals surface area contributed by atoms with Crippen molar-refractivity contribution in [1.29, 1.82) is 0 Å². The fourth-order valence-electron chi connectivity index (χ4n) is 0.841. The van der Waals surface area contributed by atoms with Gasteiger partial charge in [0.25, 0.3) is 11.9 Å². The van der Waals surface area contributed by atoms with Crippen LogP contribution in [0.25, 0.3) is 0 Å². The molecule has 0 aromatic heterocycles. The molecule has 0 radical (unpaired) electrons. The molecular formula is C5H6N6O. The van der Waals surface area contributed by atoms with Crippen LogP contribution in [0.15, 0.2) is 21.9 Å². The van der Waals surface area contributed by atoms with E-state index >= 15 is 0 Å². The van der Waals surface area contributed by atoms with E-state index in [9.17, 15) is 4.79 Å². The molecule has 0 spiro atoms. The average Bonchev–Trinajstić information content (AvgIpc) is 2.49. The third kappa shape index (κ3) is 0.920. The predicted octanol–water partition coefficient (Wildman–Crippen LogP) is -1.96. The summed E-state index contributed by atoms with van der Waals surface area (Å²) in [5, 5.41) is 5.20. The first-order valence-corrected chi connectivity index (χ1v) is 3.20. The van der Waals surface area contributed by atoms with Gasteiger partial charge in [-0.2, -0.15) is 0 Å². The Hall–Kier alpha value is -1.89. The quantitative estimate of drug-likeness (QED) is 0.421. The lowest BCUT2D eigenvalue weighted by molar-refractivity contribution is -0.114. The smallest absolute Gasteiger partial charge is 0.264 e. The number of amides is 1. The van der Waals surface area contributed by atoms with Crippen molar-refractivity contribution in [2.75, 3.05) is 0 Å². The van der Waals surface area contributed by atoms with Crippen LogP contribution in [0.5, 0.6) is 0 Å². The maximum absolute atomic E-state index is 10.7. The number of hydrazone groups is 1. The number of primary amides is 1. The third-order valence-electron chi connectivity index (χ3n) is 1.41. The molecule has 4 N–H and O–H groups in total. The molecule has 62 valence electrons. The number of fused-ring (bicyclic) bond motifs is 1. The molecule has 0 aliphatic carbocycles. The standard InChI is InChI=1S/C5H6N6O/c6-4(12)3-1-7-5-8-9-10-11(5)2-3/h1-2,9-10H,(H2,6,12). The molecule has 2 aliphatic rings. The SMILES string of the molecule is NC(=O)C1=CN2NNN=C2N=C1. The summed E-state index contributed by atoms with van der Waals surface area (Å²) in [4.78, 5) is 14.5. The van der Waals surface area contributed by atoms with Gasteiger partial charge in [0, 0.05) is 12.4 Å². The van der Waals surface area contributed by atoms with Crippen molar-refractivity contribution in [3.63, 3.8) is 0 Å². The number of aliphatic imine (C=N–C) groups is 1. The summed E-state index contributed by atoms with van der Waals surface area (Å²) >= 11 is 0. The number of nitrogens with two attached hydrogens (primary N) is 1. The lowest BCUT2D eigenvalue weighted by Crippen LogP contribution is -2.38. The first-order valence-electron chi connectivity index (χ1n) is 3.20. The van der Waals surface area contributed by atoms with E-state index in [1.807, 2.05) is 0 Å².